The number of methoxy groups -OCH3 is 1. The number of benzene rings is 1. The van der Waals surface area contributed by atoms with Gasteiger partial charge in [-0.15, -0.1) is 5.10 Å². The van der Waals surface area contributed by atoms with Crippen LogP contribution in [0.1, 0.15) is 32.0 Å². The molecule has 0 atom stereocenters. The van der Waals surface area contributed by atoms with Crippen molar-refractivity contribution < 1.29 is 4.74 Å². The zero-order valence-corrected chi connectivity index (χ0v) is 12.8. The van der Waals surface area contributed by atoms with E-state index in [-0.39, 0.29) is 5.54 Å². The summed E-state index contributed by atoms with van der Waals surface area (Å²) in [6, 6.07) is 5.95. The van der Waals surface area contributed by atoms with Crippen molar-refractivity contribution in [2.75, 3.05) is 7.11 Å². The standard InChI is InChI=1S/C15H22N4O/c1-11-8-13(6-7-14(11)20-5)19-10-12(17-18-19)9-16-15(2,3)4/h6-8,10,16H,9H2,1-5H3. The van der Waals surface area contributed by atoms with Gasteiger partial charge in [-0.05, 0) is 51.5 Å². The van der Waals surface area contributed by atoms with Crippen LogP contribution in [0.25, 0.3) is 5.69 Å². The van der Waals surface area contributed by atoms with Crippen LogP contribution in [-0.2, 0) is 6.54 Å². The van der Waals surface area contributed by atoms with Crippen LogP contribution < -0.4 is 10.1 Å². The molecule has 2 rings (SSSR count). The van der Waals surface area contributed by atoms with Crippen molar-refractivity contribution in [2.45, 2.75) is 39.8 Å². The third-order valence-corrected chi connectivity index (χ3v) is 2.98. The molecule has 2 aromatic rings. The molecule has 0 bridgehead atoms. The van der Waals surface area contributed by atoms with Crippen molar-refractivity contribution in [3.63, 3.8) is 0 Å². The molecule has 1 N–H and O–H groups in total. The van der Waals surface area contributed by atoms with E-state index in [0.29, 0.717) is 6.54 Å². The van der Waals surface area contributed by atoms with E-state index in [1.165, 1.54) is 0 Å². The number of aryl methyl sites for hydroxylation is 1. The van der Waals surface area contributed by atoms with Crippen LogP contribution in [0.15, 0.2) is 24.4 Å². The molecule has 0 amide bonds. The van der Waals surface area contributed by atoms with Crippen LogP contribution in [0, 0.1) is 6.92 Å². The largest absolute Gasteiger partial charge is 0.496 e. The first-order valence-corrected chi connectivity index (χ1v) is 6.70. The second kappa shape index (κ2) is 5.63. The Bertz CT molecular complexity index is 584. The monoisotopic (exact) mass is 274 g/mol. The predicted octanol–water partition coefficient (Wildman–Crippen LogP) is 2.47. The van der Waals surface area contributed by atoms with Crippen molar-refractivity contribution in [3.05, 3.63) is 35.7 Å². The Hall–Kier alpha value is -1.88. The van der Waals surface area contributed by atoms with Gasteiger partial charge in [0.1, 0.15) is 5.75 Å². The summed E-state index contributed by atoms with van der Waals surface area (Å²) in [5.41, 5.74) is 3.06. The number of rotatable bonds is 4. The molecular formula is C15H22N4O. The summed E-state index contributed by atoms with van der Waals surface area (Å²) < 4.78 is 7.05. The van der Waals surface area contributed by atoms with E-state index in [4.69, 9.17) is 4.74 Å². The minimum absolute atomic E-state index is 0.0699. The van der Waals surface area contributed by atoms with E-state index >= 15 is 0 Å². The molecule has 0 aliphatic carbocycles. The number of nitrogens with one attached hydrogen (secondary N) is 1. The highest BCUT2D eigenvalue weighted by Crippen LogP contribution is 2.20. The van der Waals surface area contributed by atoms with Gasteiger partial charge in [0.15, 0.2) is 0 Å². The van der Waals surface area contributed by atoms with Crippen LogP contribution in [0.3, 0.4) is 0 Å². The molecule has 1 heterocycles. The third-order valence-electron chi connectivity index (χ3n) is 2.98. The Morgan fingerprint density at radius 3 is 2.65 bits per heavy atom. The molecule has 5 heteroatoms. The lowest BCUT2D eigenvalue weighted by Gasteiger charge is -2.19. The SMILES string of the molecule is COc1ccc(-n2cc(CNC(C)(C)C)nn2)cc1C. The summed E-state index contributed by atoms with van der Waals surface area (Å²) in [6.07, 6.45) is 1.94. The molecule has 0 radical (unpaired) electrons. The number of ether oxygens (including phenoxy) is 1. The van der Waals surface area contributed by atoms with E-state index in [2.05, 4.69) is 36.4 Å². The van der Waals surface area contributed by atoms with Crippen LogP contribution in [0.5, 0.6) is 5.75 Å². The Kier molecular flexibility index (Phi) is 4.09. The molecule has 0 saturated carbocycles. The third kappa shape index (κ3) is 3.57. The quantitative estimate of drug-likeness (QED) is 0.930. The van der Waals surface area contributed by atoms with Gasteiger partial charge in [-0.1, -0.05) is 5.21 Å². The molecule has 1 aromatic carbocycles. The Labute approximate surface area is 120 Å². The van der Waals surface area contributed by atoms with Crippen molar-refractivity contribution in [1.29, 1.82) is 0 Å². The summed E-state index contributed by atoms with van der Waals surface area (Å²) in [4.78, 5) is 0. The summed E-state index contributed by atoms with van der Waals surface area (Å²) >= 11 is 0. The molecule has 0 spiro atoms. The summed E-state index contributed by atoms with van der Waals surface area (Å²) in [5, 5.41) is 11.8. The highest BCUT2D eigenvalue weighted by molar-refractivity contribution is 5.43. The number of aromatic nitrogens is 3. The fraction of sp³-hybridized carbons (Fsp3) is 0.467. The van der Waals surface area contributed by atoms with Crippen LogP contribution in [-0.4, -0.2) is 27.6 Å². The van der Waals surface area contributed by atoms with Gasteiger partial charge >= 0.3 is 0 Å². The fourth-order valence-corrected chi connectivity index (χ4v) is 1.87. The van der Waals surface area contributed by atoms with Gasteiger partial charge in [-0.3, -0.25) is 0 Å². The molecule has 1 aromatic heterocycles. The van der Waals surface area contributed by atoms with Gasteiger partial charge in [0, 0.05) is 12.1 Å². The molecule has 0 aliphatic rings. The summed E-state index contributed by atoms with van der Waals surface area (Å²) in [5.74, 6) is 0.878. The van der Waals surface area contributed by atoms with Gasteiger partial charge in [0.25, 0.3) is 0 Å². The average molecular weight is 274 g/mol. The molecule has 5 nitrogen and oxygen atoms in total. The summed E-state index contributed by atoms with van der Waals surface area (Å²) in [7, 11) is 1.67. The van der Waals surface area contributed by atoms with Crippen LogP contribution in [0.2, 0.25) is 0 Å². The van der Waals surface area contributed by atoms with Crippen LogP contribution >= 0.6 is 0 Å². The molecular weight excluding hydrogens is 252 g/mol. The minimum atomic E-state index is 0.0699. The van der Waals surface area contributed by atoms with E-state index in [1.54, 1.807) is 11.8 Å². The van der Waals surface area contributed by atoms with E-state index in [1.807, 2.05) is 31.3 Å². The van der Waals surface area contributed by atoms with E-state index < -0.39 is 0 Å². The Morgan fingerprint density at radius 1 is 1.30 bits per heavy atom. The maximum absolute atomic E-state index is 5.26. The highest BCUT2D eigenvalue weighted by Gasteiger charge is 2.10. The predicted molar refractivity (Wildman–Crippen MR) is 79.2 cm³/mol. The lowest BCUT2D eigenvalue weighted by molar-refractivity contribution is 0.411. The zero-order chi connectivity index (χ0) is 14.8. The van der Waals surface area contributed by atoms with Crippen molar-refractivity contribution in [2.24, 2.45) is 0 Å². The van der Waals surface area contributed by atoms with Gasteiger partial charge in [-0.25, -0.2) is 4.68 Å². The number of nitrogens with zero attached hydrogens (tertiary/aromatic N) is 3. The number of hydrogen-bond donors (Lipinski definition) is 1. The molecule has 20 heavy (non-hydrogen) atoms. The molecule has 0 saturated heterocycles. The first-order chi connectivity index (χ1) is 9.39. The molecule has 0 fully saturated rings. The smallest absolute Gasteiger partial charge is 0.121 e. The highest BCUT2D eigenvalue weighted by atomic mass is 16.5. The Balaban J connectivity index is 2.14. The van der Waals surface area contributed by atoms with Crippen molar-refractivity contribution in [3.8, 4) is 11.4 Å². The molecule has 0 aliphatic heterocycles. The second-order valence-electron chi connectivity index (χ2n) is 5.91. The van der Waals surface area contributed by atoms with Crippen LogP contribution in [0.4, 0.5) is 0 Å². The normalized spacial score (nSPS) is 11.7. The van der Waals surface area contributed by atoms with E-state index in [0.717, 1.165) is 22.7 Å². The maximum Gasteiger partial charge on any atom is 0.121 e. The van der Waals surface area contributed by atoms with Crippen molar-refractivity contribution >= 4 is 0 Å². The van der Waals surface area contributed by atoms with Crippen molar-refractivity contribution in [1.82, 2.24) is 20.3 Å². The Morgan fingerprint density at radius 2 is 2.05 bits per heavy atom. The number of hydrogen-bond acceptors (Lipinski definition) is 4. The van der Waals surface area contributed by atoms with Gasteiger partial charge in [0.05, 0.1) is 24.7 Å². The first-order valence-electron chi connectivity index (χ1n) is 6.70. The lowest BCUT2D eigenvalue weighted by atomic mass is 10.1. The second-order valence-corrected chi connectivity index (χ2v) is 5.91. The zero-order valence-electron chi connectivity index (χ0n) is 12.8. The van der Waals surface area contributed by atoms with Gasteiger partial charge < -0.3 is 10.1 Å². The fourth-order valence-electron chi connectivity index (χ4n) is 1.87. The average Bonchev–Trinajstić information content (AvgIpc) is 2.84. The lowest BCUT2D eigenvalue weighted by Crippen LogP contribution is -2.35. The maximum atomic E-state index is 5.26. The molecule has 0 unspecified atom stereocenters. The van der Waals surface area contributed by atoms with Gasteiger partial charge in [0.2, 0.25) is 0 Å². The first kappa shape index (κ1) is 14.5. The topological polar surface area (TPSA) is 52.0 Å². The van der Waals surface area contributed by atoms with Gasteiger partial charge in [-0.2, -0.15) is 0 Å². The summed E-state index contributed by atoms with van der Waals surface area (Å²) in [6.45, 7) is 9.11. The molecule has 108 valence electrons. The minimum Gasteiger partial charge on any atom is -0.496 e. The van der Waals surface area contributed by atoms with E-state index in [9.17, 15) is 0 Å².